The maximum absolute atomic E-state index is 12.6. The average molecular weight is 340 g/mol. The summed E-state index contributed by atoms with van der Waals surface area (Å²) in [6, 6.07) is 9.57. The van der Waals surface area contributed by atoms with Crippen LogP contribution in [0.25, 0.3) is 0 Å². The van der Waals surface area contributed by atoms with Crippen LogP contribution in [0.2, 0.25) is 0 Å². The molecule has 132 valence electrons. The van der Waals surface area contributed by atoms with Gasteiger partial charge in [-0.15, -0.1) is 10.2 Å². The summed E-state index contributed by atoms with van der Waals surface area (Å²) in [5, 5.41) is 8.75. The quantitative estimate of drug-likeness (QED) is 0.754. The molecular weight excluding hydrogens is 316 g/mol. The summed E-state index contributed by atoms with van der Waals surface area (Å²) in [6.45, 7) is 2.82. The van der Waals surface area contributed by atoms with Gasteiger partial charge in [-0.3, -0.25) is 9.69 Å². The Kier molecular flexibility index (Phi) is 4.63. The van der Waals surface area contributed by atoms with Crippen molar-refractivity contribution in [3.63, 3.8) is 0 Å². The van der Waals surface area contributed by atoms with E-state index in [1.165, 1.54) is 12.8 Å². The lowest BCUT2D eigenvalue weighted by atomic mass is 10.0. The molecule has 6 nitrogen and oxygen atoms in total. The largest absolute Gasteiger partial charge is 0.378 e. The zero-order valence-corrected chi connectivity index (χ0v) is 14.6. The van der Waals surface area contributed by atoms with E-state index in [-0.39, 0.29) is 11.8 Å². The van der Waals surface area contributed by atoms with Crippen LogP contribution in [0.15, 0.2) is 30.3 Å². The first-order valence-electron chi connectivity index (χ1n) is 9.00. The number of morpholine rings is 1. The average Bonchev–Trinajstić information content (AvgIpc) is 3.42. The van der Waals surface area contributed by atoms with Crippen LogP contribution in [0, 0.1) is 0 Å². The second-order valence-corrected chi connectivity index (χ2v) is 7.00. The number of carbonyl (C=O) groups excluding carboxylic acids is 1. The third kappa shape index (κ3) is 3.65. The highest BCUT2D eigenvalue weighted by atomic mass is 16.5. The van der Waals surface area contributed by atoms with Crippen molar-refractivity contribution in [2.75, 3.05) is 19.8 Å². The van der Waals surface area contributed by atoms with Crippen LogP contribution in [-0.4, -0.2) is 51.2 Å². The highest BCUT2D eigenvalue weighted by molar-refractivity contribution is 5.96. The maximum atomic E-state index is 12.6. The monoisotopic (exact) mass is 340 g/mol. The molecule has 0 amide bonds. The van der Waals surface area contributed by atoms with Gasteiger partial charge in [0.15, 0.2) is 5.78 Å². The Bertz CT molecular complexity index is 739. The second-order valence-electron chi connectivity index (χ2n) is 7.00. The number of ketones is 1. The number of hydrogen-bond acceptors (Lipinski definition) is 5. The van der Waals surface area contributed by atoms with E-state index < -0.39 is 0 Å². The number of carbonyl (C=O) groups is 1. The zero-order valence-electron chi connectivity index (χ0n) is 14.6. The van der Waals surface area contributed by atoms with Gasteiger partial charge >= 0.3 is 0 Å². The van der Waals surface area contributed by atoms with Gasteiger partial charge < -0.3 is 9.30 Å². The van der Waals surface area contributed by atoms with E-state index in [1.54, 1.807) is 0 Å². The minimum Gasteiger partial charge on any atom is -0.378 e. The molecule has 2 aliphatic rings. The van der Waals surface area contributed by atoms with Crippen molar-refractivity contribution in [3.8, 4) is 0 Å². The van der Waals surface area contributed by atoms with E-state index >= 15 is 0 Å². The van der Waals surface area contributed by atoms with Crippen molar-refractivity contribution in [1.29, 1.82) is 0 Å². The SMILES string of the molecule is Cn1c(CN2CCOC[C@@H]2CC(=O)c2ccccc2)nnc1C1CC1. The summed E-state index contributed by atoms with van der Waals surface area (Å²) in [5.74, 6) is 2.82. The van der Waals surface area contributed by atoms with Crippen LogP contribution in [0.1, 0.15) is 47.2 Å². The molecule has 2 heterocycles. The molecule has 0 unspecified atom stereocenters. The van der Waals surface area contributed by atoms with E-state index in [0.717, 1.165) is 23.8 Å². The van der Waals surface area contributed by atoms with Crippen molar-refractivity contribution in [2.24, 2.45) is 7.05 Å². The molecule has 25 heavy (non-hydrogen) atoms. The van der Waals surface area contributed by atoms with E-state index in [0.29, 0.717) is 32.1 Å². The van der Waals surface area contributed by atoms with Gasteiger partial charge in [0.1, 0.15) is 11.6 Å². The number of benzene rings is 1. The van der Waals surface area contributed by atoms with Crippen LogP contribution < -0.4 is 0 Å². The van der Waals surface area contributed by atoms with Gasteiger partial charge in [0.2, 0.25) is 0 Å². The highest BCUT2D eigenvalue weighted by Gasteiger charge is 2.31. The van der Waals surface area contributed by atoms with Crippen molar-refractivity contribution in [1.82, 2.24) is 19.7 Å². The van der Waals surface area contributed by atoms with Crippen LogP contribution in [0.4, 0.5) is 0 Å². The Morgan fingerprint density at radius 1 is 1.24 bits per heavy atom. The molecule has 1 saturated heterocycles. The number of hydrogen-bond donors (Lipinski definition) is 0. The molecule has 2 fully saturated rings. The van der Waals surface area contributed by atoms with Crippen molar-refractivity contribution in [2.45, 2.75) is 37.8 Å². The Balaban J connectivity index is 1.45. The van der Waals surface area contributed by atoms with Crippen LogP contribution in [-0.2, 0) is 18.3 Å². The standard InChI is InChI=1S/C19H24N4O2/c1-22-18(20-21-19(22)15-7-8-15)12-23-9-10-25-13-16(23)11-17(24)14-5-3-2-4-6-14/h2-6,15-16H,7-13H2,1H3/t16-/m0/s1. The molecular formula is C19H24N4O2. The van der Waals surface area contributed by atoms with E-state index in [4.69, 9.17) is 4.74 Å². The highest BCUT2D eigenvalue weighted by Crippen LogP contribution is 2.38. The summed E-state index contributed by atoms with van der Waals surface area (Å²) in [5.41, 5.74) is 0.766. The number of nitrogens with zero attached hydrogens (tertiary/aromatic N) is 4. The first kappa shape index (κ1) is 16.4. The lowest BCUT2D eigenvalue weighted by Gasteiger charge is -2.34. The van der Waals surface area contributed by atoms with Crippen LogP contribution in [0.3, 0.4) is 0 Å². The fraction of sp³-hybridized carbons (Fsp3) is 0.526. The molecule has 6 heteroatoms. The van der Waals surface area contributed by atoms with Gasteiger partial charge in [-0.2, -0.15) is 0 Å². The van der Waals surface area contributed by atoms with Crippen molar-refractivity contribution < 1.29 is 9.53 Å². The Morgan fingerprint density at radius 3 is 2.80 bits per heavy atom. The normalized spacial score (nSPS) is 21.4. The van der Waals surface area contributed by atoms with Gasteiger partial charge in [0.25, 0.3) is 0 Å². The smallest absolute Gasteiger partial charge is 0.164 e. The van der Waals surface area contributed by atoms with Gasteiger partial charge in [-0.25, -0.2) is 0 Å². The maximum Gasteiger partial charge on any atom is 0.164 e. The summed E-state index contributed by atoms with van der Waals surface area (Å²) < 4.78 is 7.76. The molecule has 1 aromatic heterocycles. The zero-order chi connectivity index (χ0) is 17.2. The number of aromatic nitrogens is 3. The van der Waals surface area contributed by atoms with E-state index in [1.807, 2.05) is 37.4 Å². The lowest BCUT2D eigenvalue weighted by molar-refractivity contribution is -0.0140. The molecule has 0 bridgehead atoms. The summed E-state index contributed by atoms with van der Waals surface area (Å²) >= 11 is 0. The third-order valence-corrected chi connectivity index (χ3v) is 5.15. The number of ether oxygens (including phenoxy) is 1. The van der Waals surface area contributed by atoms with Gasteiger partial charge in [0, 0.05) is 37.5 Å². The first-order valence-corrected chi connectivity index (χ1v) is 9.00. The molecule has 0 spiro atoms. The molecule has 1 aliphatic heterocycles. The van der Waals surface area contributed by atoms with Crippen LogP contribution in [0.5, 0.6) is 0 Å². The topological polar surface area (TPSA) is 60.2 Å². The predicted molar refractivity (Wildman–Crippen MR) is 93.4 cm³/mol. The molecule has 1 atom stereocenters. The van der Waals surface area contributed by atoms with Crippen molar-refractivity contribution >= 4 is 5.78 Å². The van der Waals surface area contributed by atoms with Gasteiger partial charge in [-0.05, 0) is 12.8 Å². The molecule has 0 radical (unpaired) electrons. The molecule has 1 aliphatic carbocycles. The minimum atomic E-state index is 0.0857. The Morgan fingerprint density at radius 2 is 2.04 bits per heavy atom. The molecule has 4 rings (SSSR count). The fourth-order valence-electron chi connectivity index (χ4n) is 3.43. The number of Topliss-reactive ketones (excluding diaryl/α,β-unsaturated/α-hetero) is 1. The van der Waals surface area contributed by atoms with E-state index in [9.17, 15) is 4.79 Å². The fourth-order valence-corrected chi connectivity index (χ4v) is 3.43. The molecule has 0 N–H and O–H groups in total. The lowest BCUT2D eigenvalue weighted by Crippen LogP contribution is -2.46. The van der Waals surface area contributed by atoms with E-state index in [2.05, 4.69) is 19.7 Å². The molecule has 1 saturated carbocycles. The minimum absolute atomic E-state index is 0.0857. The Labute approximate surface area is 147 Å². The summed E-state index contributed by atoms with van der Waals surface area (Å²) in [7, 11) is 2.05. The molecule has 2 aromatic rings. The van der Waals surface area contributed by atoms with Gasteiger partial charge in [0.05, 0.1) is 19.8 Å². The third-order valence-electron chi connectivity index (χ3n) is 5.15. The second kappa shape index (κ2) is 7.06. The summed E-state index contributed by atoms with van der Waals surface area (Å²) in [6.07, 6.45) is 2.91. The molecule has 1 aromatic carbocycles. The number of rotatable bonds is 6. The summed E-state index contributed by atoms with van der Waals surface area (Å²) in [4.78, 5) is 14.9. The van der Waals surface area contributed by atoms with Crippen molar-refractivity contribution in [3.05, 3.63) is 47.5 Å². The Hall–Kier alpha value is -2.05. The predicted octanol–water partition coefficient (Wildman–Crippen LogP) is 2.17. The first-order chi connectivity index (χ1) is 12.2. The van der Waals surface area contributed by atoms with Crippen LogP contribution >= 0.6 is 0 Å². The van der Waals surface area contributed by atoms with Gasteiger partial charge in [-0.1, -0.05) is 30.3 Å².